The van der Waals surface area contributed by atoms with Crippen LogP contribution in [0.15, 0.2) is 30.8 Å². The van der Waals surface area contributed by atoms with Crippen molar-refractivity contribution >= 4 is 6.08 Å². The van der Waals surface area contributed by atoms with Crippen molar-refractivity contribution in [1.29, 1.82) is 0 Å². The molecular formula is C20H28O10. The van der Waals surface area contributed by atoms with Crippen molar-refractivity contribution < 1.29 is 49.6 Å². The first-order valence-corrected chi connectivity index (χ1v) is 9.63. The highest BCUT2D eigenvalue weighted by Crippen LogP contribution is 2.27. The Morgan fingerprint density at radius 3 is 2.07 bits per heavy atom. The zero-order valence-corrected chi connectivity index (χ0v) is 16.4. The molecule has 30 heavy (non-hydrogen) atoms. The van der Waals surface area contributed by atoms with E-state index in [1.54, 1.807) is 30.3 Å². The number of aliphatic hydroxyl groups excluding tert-OH is 6. The van der Waals surface area contributed by atoms with Gasteiger partial charge in [-0.15, -0.1) is 0 Å². The van der Waals surface area contributed by atoms with Crippen LogP contribution in [0.3, 0.4) is 0 Å². The Morgan fingerprint density at radius 1 is 0.833 bits per heavy atom. The van der Waals surface area contributed by atoms with Crippen molar-refractivity contribution in [2.45, 2.75) is 68.3 Å². The number of benzene rings is 1. The van der Waals surface area contributed by atoms with Gasteiger partial charge in [-0.25, -0.2) is 0 Å². The van der Waals surface area contributed by atoms with Crippen molar-refractivity contribution in [3.8, 4) is 5.75 Å². The molecule has 0 saturated carbocycles. The molecule has 2 fully saturated rings. The molecule has 10 atom stereocenters. The first-order chi connectivity index (χ1) is 14.2. The van der Waals surface area contributed by atoms with Gasteiger partial charge >= 0.3 is 0 Å². The molecule has 2 heterocycles. The number of rotatable bonds is 6. The minimum Gasteiger partial charge on any atom is -0.462 e. The topological polar surface area (TPSA) is 158 Å². The lowest BCUT2D eigenvalue weighted by Crippen LogP contribution is -2.61. The van der Waals surface area contributed by atoms with Crippen molar-refractivity contribution in [3.63, 3.8) is 0 Å². The van der Waals surface area contributed by atoms with Gasteiger partial charge in [-0.1, -0.05) is 24.8 Å². The summed E-state index contributed by atoms with van der Waals surface area (Å²) in [5.41, 5.74) is 0.863. The fourth-order valence-corrected chi connectivity index (χ4v) is 3.31. The van der Waals surface area contributed by atoms with Gasteiger partial charge in [-0.3, -0.25) is 0 Å². The maximum absolute atomic E-state index is 10.2. The minimum atomic E-state index is -1.58. The second kappa shape index (κ2) is 9.69. The summed E-state index contributed by atoms with van der Waals surface area (Å²) in [6, 6.07) is 6.75. The molecule has 0 aromatic heterocycles. The van der Waals surface area contributed by atoms with Gasteiger partial charge in [-0.2, -0.15) is 0 Å². The van der Waals surface area contributed by atoms with Gasteiger partial charge in [0.2, 0.25) is 6.29 Å². The van der Waals surface area contributed by atoms with Crippen LogP contribution in [-0.2, 0) is 14.2 Å². The molecule has 0 bridgehead atoms. The molecule has 168 valence electrons. The first-order valence-electron chi connectivity index (χ1n) is 9.63. The van der Waals surface area contributed by atoms with Gasteiger partial charge in [0, 0.05) is 0 Å². The normalized spacial score (nSPS) is 42.0. The Morgan fingerprint density at radius 2 is 1.43 bits per heavy atom. The van der Waals surface area contributed by atoms with Crippen molar-refractivity contribution in [2.24, 2.45) is 0 Å². The van der Waals surface area contributed by atoms with E-state index in [1.807, 2.05) is 0 Å². The summed E-state index contributed by atoms with van der Waals surface area (Å²) in [4.78, 5) is 0. The molecule has 3 rings (SSSR count). The quantitative estimate of drug-likeness (QED) is 0.310. The average molecular weight is 428 g/mol. The monoisotopic (exact) mass is 428 g/mol. The van der Waals surface area contributed by atoms with Gasteiger partial charge in [0.15, 0.2) is 6.29 Å². The van der Waals surface area contributed by atoms with Crippen LogP contribution in [0.2, 0.25) is 0 Å². The molecule has 0 radical (unpaired) electrons. The van der Waals surface area contributed by atoms with Crippen molar-refractivity contribution in [3.05, 3.63) is 36.4 Å². The molecule has 2 saturated heterocycles. The summed E-state index contributed by atoms with van der Waals surface area (Å²) in [5.74, 6) is 0.366. The lowest BCUT2D eigenvalue weighted by atomic mass is 9.98. The predicted octanol–water partition coefficient (Wildman–Crippen LogP) is -1.64. The van der Waals surface area contributed by atoms with E-state index in [4.69, 9.17) is 18.9 Å². The zero-order valence-electron chi connectivity index (χ0n) is 16.4. The fraction of sp³-hybridized carbons (Fsp3) is 0.600. The fourth-order valence-electron chi connectivity index (χ4n) is 3.31. The van der Waals surface area contributed by atoms with E-state index in [-0.39, 0.29) is 6.61 Å². The summed E-state index contributed by atoms with van der Waals surface area (Å²) < 4.78 is 21.9. The molecule has 10 heteroatoms. The van der Waals surface area contributed by atoms with Crippen LogP contribution < -0.4 is 4.74 Å². The van der Waals surface area contributed by atoms with E-state index in [1.165, 1.54) is 6.92 Å². The van der Waals surface area contributed by atoms with Crippen molar-refractivity contribution in [1.82, 2.24) is 0 Å². The lowest BCUT2D eigenvalue weighted by molar-refractivity contribution is -0.318. The van der Waals surface area contributed by atoms with E-state index < -0.39 is 61.4 Å². The van der Waals surface area contributed by atoms with Gasteiger partial charge in [0.25, 0.3) is 0 Å². The van der Waals surface area contributed by atoms with Crippen LogP contribution in [0.4, 0.5) is 0 Å². The van der Waals surface area contributed by atoms with Crippen LogP contribution in [-0.4, -0.2) is 98.7 Å². The van der Waals surface area contributed by atoms with Crippen LogP contribution >= 0.6 is 0 Å². The molecule has 0 aliphatic carbocycles. The third kappa shape index (κ3) is 4.83. The SMILES string of the molecule is C=Cc1ccc(O[C@@H]2O[C@@H](CO[C@@H]3O[C@H](C)[C@H](O)[C@@H](O)[C@H]3O)[C@@H](O)[C@H](O)[C@H]2O)cc1. The molecule has 0 spiro atoms. The van der Waals surface area contributed by atoms with E-state index in [9.17, 15) is 30.6 Å². The maximum Gasteiger partial charge on any atom is 0.229 e. The van der Waals surface area contributed by atoms with Gasteiger partial charge < -0.3 is 49.6 Å². The van der Waals surface area contributed by atoms with Gasteiger partial charge in [0.1, 0.15) is 48.5 Å². The summed E-state index contributed by atoms with van der Waals surface area (Å²) in [5, 5.41) is 60.2. The summed E-state index contributed by atoms with van der Waals surface area (Å²) in [6.45, 7) is 4.81. The second-order valence-electron chi connectivity index (χ2n) is 7.42. The van der Waals surface area contributed by atoms with Crippen LogP contribution in [0.25, 0.3) is 6.08 Å². The standard InChI is InChI=1S/C20H28O10/c1-3-10-4-6-11(7-5-10)29-20-18(26)16(24)14(22)12(30-20)8-27-19-17(25)15(23)13(21)9(2)28-19/h3-7,9,12-26H,1,8H2,2H3/t9-,12+,13+,14-,15-,16+,17-,18-,19-,20-/m1/s1. The molecule has 1 aromatic rings. The summed E-state index contributed by atoms with van der Waals surface area (Å²) >= 11 is 0. The number of hydrogen-bond donors (Lipinski definition) is 6. The Kier molecular flexibility index (Phi) is 7.45. The lowest BCUT2D eigenvalue weighted by Gasteiger charge is -2.42. The minimum absolute atomic E-state index is 0.350. The molecule has 2 aliphatic rings. The molecule has 0 unspecified atom stereocenters. The highest BCUT2D eigenvalue weighted by Gasteiger charge is 2.47. The highest BCUT2D eigenvalue weighted by atomic mass is 16.7. The Balaban J connectivity index is 1.63. The number of aliphatic hydroxyl groups is 6. The van der Waals surface area contributed by atoms with E-state index >= 15 is 0 Å². The van der Waals surface area contributed by atoms with E-state index in [0.29, 0.717) is 5.75 Å². The molecule has 0 amide bonds. The highest BCUT2D eigenvalue weighted by molar-refractivity contribution is 5.48. The molecular weight excluding hydrogens is 400 g/mol. The third-order valence-electron chi connectivity index (χ3n) is 5.27. The Bertz CT molecular complexity index is 697. The van der Waals surface area contributed by atoms with Crippen molar-refractivity contribution in [2.75, 3.05) is 6.61 Å². The maximum atomic E-state index is 10.2. The smallest absolute Gasteiger partial charge is 0.229 e. The van der Waals surface area contributed by atoms with E-state index in [0.717, 1.165) is 5.56 Å². The van der Waals surface area contributed by atoms with E-state index in [2.05, 4.69) is 6.58 Å². The molecule has 1 aromatic carbocycles. The zero-order chi connectivity index (χ0) is 22.0. The average Bonchev–Trinajstić information content (AvgIpc) is 2.75. The molecule has 6 N–H and O–H groups in total. The third-order valence-corrected chi connectivity index (χ3v) is 5.27. The number of hydrogen-bond acceptors (Lipinski definition) is 10. The van der Waals surface area contributed by atoms with Gasteiger partial charge in [0.05, 0.1) is 12.7 Å². The summed E-state index contributed by atoms with van der Waals surface area (Å²) in [6.07, 6.45) is -11.7. The second-order valence-corrected chi connectivity index (χ2v) is 7.42. The molecule has 10 nitrogen and oxygen atoms in total. The summed E-state index contributed by atoms with van der Waals surface area (Å²) in [7, 11) is 0. The van der Waals surface area contributed by atoms with Crippen LogP contribution in [0.5, 0.6) is 5.75 Å². The molecule has 2 aliphatic heterocycles. The Labute approximate surface area is 173 Å². The largest absolute Gasteiger partial charge is 0.462 e. The Hall–Kier alpha value is -1.60. The van der Waals surface area contributed by atoms with Crippen LogP contribution in [0, 0.1) is 0 Å². The van der Waals surface area contributed by atoms with Crippen LogP contribution in [0.1, 0.15) is 12.5 Å². The first kappa shape index (κ1) is 23.1. The predicted molar refractivity (Wildman–Crippen MR) is 102 cm³/mol. The number of ether oxygens (including phenoxy) is 4. The van der Waals surface area contributed by atoms with Gasteiger partial charge in [-0.05, 0) is 24.6 Å².